The van der Waals surface area contributed by atoms with Crippen LogP contribution in [0.5, 0.6) is 0 Å². The Kier molecular flexibility index (Phi) is 1.73. The molecule has 1 aliphatic carbocycles. The Morgan fingerprint density at radius 2 is 1.60 bits per heavy atom. The number of nitrogens with one attached hydrogen (secondary N) is 1. The summed E-state index contributed by atoms with van der Waals surface area (Å²) in [6, 6.07) is 21.6. The van der Waals surface area contributed by atoms with Crippen molar-refractivity contribution in [2.24, 2.45) is 0 Å². The van der Waals surface area contributed by atoms with E-state index >= 15 is 0 Å². The maximum Gasteiger partial charge on any atom is 0.0796 e. The van der Waals surface area contributed by atoms with Gasteiger partial charge in [-0.15, -0.1) is 0 Å². The minimum absolute atomic E-state index is 1.18. The van der Waals surface area contributed by atoms with E-state index in [4.69, 9.17) is 0 Å². The highest BCUT2D eigenvalue weighted by molar-refractivity contribution is 6.00. The van der Waals surface area contributed by atoms with E-state index in [1.807, 2.05) is 0 Å². The van der Waals surface area contributed by atoms with Crippen LogP contribution in [0.3, 0.4) is 0 Å². The lowest BCUT2D eigenvalue weighted by molar-refractivity contribution is 0.924. The number of hydrogen-bond donors (Lipinski definition) is 1. The Hall–Kier alpha value is -2.74. The number of benzene rings is 2. The highest BCUT2D eigenvalue weighted by Gasteiger charge is 2.07. The molecular weight excluding hydrogens is 244 g/mol. The van der Waals surface area contributed by atoms with E-state index in [9.17, 15) is 0 Å². The second kappa shape index (κ2) is 3.42. The molecule has 0 saturated heterocycles. The van der Waals surface area contributed by atoms with Gasteiger partial charge >= 0.3 is 0 Å². The minimum Gasteiger partial charge on any atom is -0.294 e. The van der Waals surface area contributed by atoms with Gasteiger partial charge in [0.05, 0.1) is 10.9 Å². The van der Waals surface area contributed by atoms with Crippen LogP contribution in [0.1, 0.15) is 0 Å². The molecule has 2 aromatic carbocycles. The highest BCUT2D eigenvalue weighted by atomic mass is 15.2. The summed E-state index contributed by atoms with van der Waals surface area (Å²) in [5.74, 6) is 0. The first kappa shape index (κ1) is 10.1. The van der Waals surface area contributed by atoms with Crippen LogP contribution >= 0.6 is 0 Å². The van der Waals surface area contributed by atoms with Crippen LogP contribution in [0.4, 0.5) is 0 Å². The average molecular weight is 256 g/mol. The van der Waals surface area contributed by atoms with E-state index in [2.05, 4.69) is 76.5 Å². The first-order chi connectivity index (χ1) is 9.92. The summed E-state index contributed by atoms with van der Waals surface area (Å²) < 4.78 is 2.12. The Labute approximate surface area is 114 Å². The summed E-state index contributed by atoms with van der Waals surface area (Å²) in [4.78, 5) is 0. The molecule has 0 atom stereocenters. The number of aromatic amines is 1. The maximum absolute atomic E-state index is 3.45. The molecule has 2 heteroatoms. The van der Waals surface area contributed by atoms with E-state index < -0.39 is 0 Å². The standard InChI is InChI=1S/C18H12N2/c1-2-7-14-12(5-1)11-13-6-4-10-20-18(13)17-15(14)8-3-9-16(17)19-20/h1-11,19H. The molecule has 0 fully saturated rings. The summed E-state index contributed by atoms with van der Waals surface area (Å²) >= 11 is 0. The fourth-order valence-electron chi connectivity index (χ4n) is 3.29. The maximum atomic E-state index is 3.45. The van der Waals surface area contributed by atoms with Crippen molar-refractivity contribution < 1.29 is 0 Å². The molecule has 0 unspecified atom stereocenters. The Balaban J connectivity index is 2.36. The van der Waals surface area contributed by atoms with Crippen LogP contribution in [0.25, 0.3) is 27.1 Å². The molecule has 0 amide bonds. The van der Waals surface area contributed by atoms with Crippen LogP contribution < -0.4 is 0 Å². The summed E-state index contributed by atoms with van der Waals surface area (Å²) in [6.45, 7) is 0. The van der Waals surface area contributed by atoms with E-state index in [0.29, 0.717) is 0 Å². The predicted molar refractivity (Wildman–Crippen MR) is 82.1 cm³/mol. The third-order valence-electron chi connectivity index (χ3n) is 4.13. The van der Waals surface area contributed by atoms with Crippen LogP contribution in [0, 0.1) is 10.6 Å². The lowest BCUT2D eigenvalue weighted by atomic mass is 10.1. The highest BCUT2D eigenvalue weighted by Crippen LogP contribution is 2.26. The van der Waals surface area contributed by atoms with Crippen molar-refractivity contribution >= 4 is 27.1 Å². The molecular formula is C18H12N2. The third kappa shape index (κ3) is 1.14. The summed E-state index contributed by atoms with van der Waals surface area (Å²) in [5, 5.41) is 11.2. The fraction of sp³-hybridized carbons (Fsp3) is 0. The number of nitrogens with zero attached hydrogens (tertiary/aromatic N) is 1. The third-order valence-corrected chi connectivity index (χ3v) is 4.13. The van der Waals surface area contributed by atoms with Crippen molar-refractivity contribution in [2.45, 2.75) is 0 Å². The molecule has 94 valence electrons. The predicted octanol–water partition coefficient (Wildman–Crippen LogP) is 4.30. The fourth-order valence-corrected chi connectivity index (χ4v) is 3.29. The second-order valence-electron chi connectivity index (χ2n) is 5.25. The van der Waals surface area contributed by atoms with Gasteiger partial charge in [0, 0.05) is 16.8 Å². The van der Waals surface area contributed by atoms with Gasteiger partial charge < -0.3 is 0 Å². The molecule has 2 heterocycles. The number of rotatable bonds is 0. The van der Waals surface area contributed by atoms with Crippen molar-refractivity contribution in [3.05, 3.63) is 77.4 Å². The van der Waals surface area contributed by atoms with Gasteiger partial charge in [0.15, 0.2) is 0 Å². The van der Waals surface area contributed by atoms with E-state index in [1.165, 1.54) is 37.6 Å². The first-order valence-electron chi connectivity index (χ1n) is 6.81. The molecule has 1 aliphatic heterocycles. The smallest absolute Gasteiger partial charge is 0.0796 e. The average Bonchev–Trinajstić information content (AvgIpc) is 2.79. The molecule has 2 aliphatic rings. The minimum atomic E-state index is 1.18. The molecule has 3 aromatic rings. The molecule has 0 radical (unpaired) electrons. The Bertz CT molecular complexity index is 1140. The second-order valence-corrected chi connectivity index (χ2v) is 5.25. The van der Waals surface area contributed by atoms with E-state index in [0.717, 1.165) is 0 Å². The first-order valence-corrected chi connectivity index (χ1v) is 6.81. The molecule has 5 rings (SSSR count). The van der Waals surface area contributed by atoms with Gasteiger partial charge in [0.25, 0.3) is 0 Å². The molecule has 20 heavy (non-hydrogen) atoms. The number of aromatic nitrogens is 2. The quantitative estimate of drug-likeness (QED) is 0.426. The Morgan fingerprint density at radius 1 is 0.750 bits per heavy atom. The molecule has 1 aromatic heterocycles. The molecule has 1 N–H and O–H groups in total. The van der Waals surface area contributed by atoms with Gasteiger partial charge in [-0.2, -0.15) is 0 Å². The van der Waals surface area contributed by atoms with Gasteiger partial charge in [-0.25, -0.2) is 0 Å². The summed E-state index contributed by atoms with van der Waals surface area (Å²) in [5.41, 5.74) is 1.18. The zero-order valence-electron chi connectivity index (χ0n) is 10.8. The van der Waals surface area contributed by atoms with Gasteiger partial charge in [-0.3, -0.25) is 9.61 Å². The van der Waals surface area contributed by atoms with Crippen molar-refractivity contribution in [1.82, 2.24) is 9.61 Å². The van der Waals surface area contributed by atoms with E-state index in [-0.39, 0.29) is 0 Å². The van der Waals surface area contributed by atoms with Crippen molar-refractivity contribution in [3.63, 3.8) is 0 Å². The van der Waals surface area contributed by atoms with Crippen molar-refractivity contribution in [3.8, 4) is 0 Å². The van der Waals surface area contributed by atoms with E-state index in [1.54, 1.807) is 0 Å². The van der Waals surface area contributed by atoms with Crippen LogP contribution in [-0.4, -0.2) is 9.61 Å². The zero-order valence-corrected chi connectivity index (χ0v) is 10.8. The van der Waals surface area contributed by atoms with Gasteiger partial charge in [0.1, 0.15) is 0 Å². The van der Waals surface area contributed by atoms with Crippen LogP contribution in [0.15, 0.2) is 66.9 Å². The monoisotopic (exact) mass is 256 g/mol. The lowest BCUT2D eigenvalue weighted by Gasteiger charge is -1.96. The Morgan fingerprint density at radius 3 is 2.60 bits per heavy atom. The largest absolute Gasteiger partial charge is 0.294 e. The number of pyridine rings is 1. The van der Waals surface area contributed by atoms with Gasteiger partial charge in [0.2, 0.25) is 0 Å². The number of fused-ring (bicyclic) bond motifs is 2. The normalized spacial score (nSPS) is 12.0. The molecule has 2 nitrogen and oxygen atoms in total. The van der Waals surface area contributed by atoms with Crippen LogP contribution in [0.2, 0.25) is 0 Å². The SMILES string of the molecule is c1ccc2c(c1)cc1cccn3[nH]c4cccc2c4=c13. The van der Waals surface area contributed by atoms with Gasteiger partial charge in [-0.1, -0.05) is 42.5 Å². The van der Waals surface area contributed by atoms with Crippen molar-refractivity contribution in [2.75, 3.05) is 0 Å². The van der Waals surface area contributed by atoms with Crippen molar-refractivity contribution in [1.29, 1.82) is 0 Å². The number of hydrogen-bond acceptors (Lipinski definition) is 0. The molecule has 0 bridgehead atoms. The molecule has 0 saturated carbocycles. The lowest BCUT2D eigenvalue weighted by Crippen LogP contribution is -1.86. The number of H-pyrrole nitrogens is 1. The van der Waals surface area contributed by atoms with Gasteiger partial charge in [-0.05, 0) is 34.4 Å². The topological polar surface area (TPSA) is 20.2 Å². The van der Waals surface area contributed by atoms with Crippen LogP contribution in [-0.2, 0) is 0 Å². The molecule has 0 spiro atoms. The zero-order chi connectivity index (χ0) is 13.1. The summed E-state index contributed by atoms with van der Waals surface area (Å²) in [6.07, 6.45) is 2.08. The summed E-state index contributed by atoms with van der Waals surface area (Å²) in [7, 11) is 0.